The Hall–Kier alpha value is -0.940. The van der Waals surface area contributed by atoms with Gasteiger partial charge in [-0.3, -0.25) is 0 Å². The van der Waals surface area contributed by atoms with Gasteiger partial charge in [0.25, 0.3) is 5.88 Å². The van der Waals surface area contributed by atoms with Crippen molar-refractivity contribution in [1.29, 1.82) is 0 Å². The van der Waals surface area contributed by atoms with Crippen molar-refractivity contribution >= 4 is 17.3 Å². The summed E-state index contributed by atoms with van der Waals surface area (Å²) in [6.07, 6.45) is 3.46. The molecule has 2 heterocycles. The van der Waals surface area contributed by atoms with Gasteiger partial charge in [-0.1, -0.05) is 6.08 Å². The fraction of sp³-hybridized carbons (Fsp3) is 0.636. The summed E-state index contributed by atoms with van der Waals surface area (Å²) in [5, 5.41) is 0. The lowest BCUT2D eigenvalue weighted by molar-refractivity contribution is 0.233. The van der Waals surface area contributed by atoms with Crippen molar-refractivity contribution < 1.29 is 4.74 Å². The van der Waals surface area contributed by atoms with Gasteiger partial charge >= 0.3 is 0 Å². The highest BCUT2D eigenvalue weighted by Gasteiger charge is 2.18. The third-order valence-corrected chi connectivity index (χ3v) is 2.96. The summed E-state index contributed by atoms with van der Waals surface area (Å²) in [4.78, 5) is 2.29. The minimum Gasteiger partial charge on any atom is -0.473 e. The summed E-state index contributed by atoms with van der Waals surface area (Å²) in [7, 11) is 2.12. The zero-order valence-electron chi connectivity index (χ0n) is 9.93. The van der Waals surface area contributed by atoms with Gasteiger partial charge in [-0.25, -0.2) is 0 Å². The first kappa shape index (κ1) is 11.5. The molecule has 4 nitrogen and oxygen atoms in total. The number of hydrogen-bond donors (Lipinski definition) is 0. The summed E-state index contributed by atoms with van der Waals surface area (Å²) < 4.78 is 14.2. The van der Waals surface area contributed by atoms with E-state index in [9.17, 15) is 0 Å². The van der Waals surface area contributed by atoms with Crippen LogP contribution in [0.1, 0.15) is 26.0 Å². The average molecular weight is 239 g/mol. The Kier molecular flexibility index (Phi) is 3.56. The van der Waals surface area contributed by atoms with E-state index >= 15 is 0 Å². The molecule has 1 aliphatic rings. The van der Waals surface area contributed by atoms with Gasteiger partial charge in [0.2, 0.25) is 0 Å². The first-order chi connectivity index (χ1) is 7.66. The van der Waals surface area contributed by atoms with Crippen LogP contribution >= 0.6 is 11.7 Å². The Bertz CT molecular complexity index is 386. The lowest BCUT2D eigenvalue weighted by Gasteiger charge is -2.22. The van der Waals surface area contributed by atoms with E-state index in [1.165, 1.54) is 17.3 Å². The van der Waals surface area contributed by atoms with E-state index in [0.29, 0.717) is 5.88 Å². The van der Waals surface area contributed by atoms with Crippen LogP contribution in [-0.2, 0) is 0 Å². The van der Waals surface area contributed by atoms with Crippen molar-refractivity contribution in [2.24, 2.45) is 0 Å². The topological polar surface area (TPSA) is 38.3 Å². The number of rotatable bonds is 3. The molecule has 0 spiro atoms. The van der Waals surface area contributed by atoms with Gasteiger partial charge in [0.1, 0.15) is 5.69 Å². The van der Waals surface area contributed by atoms with E-state index in [4.69, 9.17) is 4.74 Å². The van der Waals surface area contributed by atoms with Gasteiger partial charge in [-0.05, 0) is 32.9 Å². The van der Waals surface area contributed by atoms with Gasteiger partial charge in [0.15, 0.2) is 0 Å². The highest BCUT2D eigenvalue weighted by Crippen LogP contribution is 2.27. The van der Waals surface area contributed by atoms with Crippen molar-refractivity contribution in [3.05, 3.63) is 11.8 Å². The fourth-order valence-electron chi connectivity index (χ4n) is 1.74. The van der Waals surface area contributed by atoms with E-state index in [1.807, 2.05) is 13.8 Å². The number of likely N-dealkylation sites (N-methyl/N-ethyl adjacent to an activating group) is 1. The Morgan fingerprint density at radius 1 is 1.44 bits per heavy atom. The zero-order valence-corrected chi connectivity index (χ0v) is 10.8. The van der Waals surface area contributed by atoms with E-state index in [1.54, 1.807) is 0 Å². The molecule has 0 saturated heterocycles. The minimum atomic E-state index is 0.143. The monoisotopic (exact) mass is 239 g/mol. The predicted molar refractivity (Wildman–Crippen MR) is 65.8 cm³/mol. The standard InChI is InChI=1S/C11H17N3OS/c1-8(2)15-11-10(12-16-13-11)9-5-4-6-14(3)7-9/h5,8H,4,6-7H2,1-3H3. The minimum absolute atomic E-state index is 0.143. The van der Waals surface area contributed by atoms with Gasteiger partial charge < -0.3 is 9.64 Å². The van der Waals surface area contributed by atoms with Crippen LogP contribution in [-0.4, -0.2) is 39.9 Å². The molecule has 5 heteroatoms. The molecule has 0 aromatic carbocycles. The van der Waals surface area contributed by atoms with Crippen LogP contribution < -0.4 is 4.74 Å². The molecule has 1 aromatic heterocycles. The van der Waals surface area contributed by atoms with E-state index < -0.39 is 0 Å². The Morgan fingerprint density at radius 3 is 2.94 bits per heavy atom. The number of ether oxygens (including phenoxy) is 1. The second-order valence-electron chi connectivity index (χ2n) is 4.34. The smallest absolute Gasteiger partial charge is 0.253 e. The Balaban J connectivity index is 2.20. The van der Waals surface area contributed by atoms with Gasteiger partial charge in [-0.2, -0.15) is 4.37 Å². The number of nitrogens with zero attached hydrogens (tertiary/aromatic N) is 3. The summed E-state index contributed by atoms with van der Waals surface area (Å²) in [6.45, 7) is 6.05. The quantitative estimate of drug-likeness (QED) is 0.809. The fourth-order valence-corrected chi connectivity index (χ4v) is 2.26. The molecular weight excluding hydrogens is 222 g/mol. The maximum atomic E-state index is 5.65. The maximum Gasteiger partial charge on any atom is 0.253 e. The van der Waals surface area contributed by atoms with Crippen LogP contribution in [0.3, 0.4) is 0 Å². The number of aromatic nitrogens is 2. The molecule has 0 atom stereocenters. The number of hydrogen-bond acceptors (Lipinski definition) is 5. The van der Waals surface area contributed by atoms with E-state index in [0.717, 1.165) is 25.2 Å². The van der Waals surface area contributed by atoms with Crippen LogP contribution in [0.25, 0.3) is 5.57 Å². The molecular formula is C11H17N3OS. The lowest BCUT2D eigenvalue weighted by Crippen LogP contribution is -2.25. The summed E-state index contributed by atoms with van der Waals surface area (Å²) >= 11 is 1.22. The molecule has 0 amide bonds. The molecule has 88 valence electrons. The van der Waals surface area contributed by atoms with Crippen molar-refractivity contribution in [3.8, 4) is 5.88 Å². The van der Waals surface area contributed by atoms with Gasteiger partial charge in [0.05, 0.1) is 17.8 Å². The van der Waals surface area contributed by atoms with Crippen molar-refractivity contribution in [3.63, 3.8) is 0 Å². The SMILES string of the molecule is CC(C)Oc1nsnc1C1=CCCN(C)C1. The molecule has 0 bridgehead atoms. The highest BCUT2D eigenvalue weighted by molar-refractivity contribution is 6.99. The average Bonchev–Trinajstić information content (AvgIpc) is 2.65. The molecule has 1 aliphatic heterocycles. The zero-order chi connectivity index (χ0) is 11.5. The maximum absolute atomic E-state index is 5.65. The molecule has 16 heavy (non-hydrogen) atoms. The van der Waals surface area contributed by atoms with Gasteiger partial charge in [0, 0.05) is 13.1 Å². The molecule has 0 fully saturated rings. The summed E-state index contributed by atoms with van der Waals surface area (Å²) in [5.74, 6) is 0.682. The summed E-state index contributed by atoms with van der Waals surface area (Å²) in [5.41, 5.74) is 2.16. The first-order valence-corrected chi connectivity index (χ1v) is 6.27. The third-order valence-electron chi connectivity index (χ3n) is 2.45. The third kappa shape index (κ3) is 2.59. The van der Waals surface area contributed by atoms with Crippen LogP contribution in [0.15, 0.2) is 6.08 Å². The van der Waals surface area contributed by atoms with E-state index in [-0.39, 0.29) is 6.10 Å². The normalized spacial score (nSPS) is 17.6. The predicted octanol–water partition coefficient (Wildman–Crippen LogP) is 2.04. The molecule has 0 aliphatic carbocycles. The first-order valence-electron chi connectivity index (χ1n) is 5.54. The molecule has 0 N–H and O–H groups in total. The van der Waals surface area contributed by atoms with Crippen LogP contribution in [0.2, 0.25) is 0 Å². The van der Waals surface area contributed by atoms with E-state index in [2.05, 4.69) is 26.8 Å². The Labute approximate surface area is 100 Å². The second kappa shape index (κ2) is 4.93. The Morgan fingerprint density at radius 2 is 2.25 bits per heavy atom. The second-order valence-corrected chi connectivity index (χ2v) is 4.87. The van der Waals surface area contributed by atoms with Crippen molar-refractivity contribution in [2.45, 2.75) is 26.4 Å². The van der Waals surface area contributed by atoms with Crippen LogP contribution in [0.4, 0.5) is 0 Å². The summed E-state index contributed by atoms with van der Waals surface area (Å²) in [6, 6.07) is 0. The molecule has 2 rings (SSSR count). The molecule has 0 radical (unpaired) electrons. The van der Waals surface area contributed by atoms with Crippen LogP contribution in [0, 0.1) is 0 Å². The molecule has 0 saturated carbocycles. The lowest BCUT2D eigenvalue weighted by atomic mass is 10.1. The van der Waals surface area contributed by atoms with Crippen molar-refractivity contribution in [1.82, 2.24) is 13.6 Å². The van der Waals surface area contributed by atoms with Crippen molar-refractivity contribution in [2.75, 3.05) is 20.1 Å². The molecule has 1 aromatic rings. The van der Waals surface area contributed by atoms with Gasteiger partial charge in [-0.15, -0.1) is 4.37 Å². The highest BCUT2D eigenvalue weighted by atomic mass is 32.1. The largest absolute Gasteiger partial charge is 0.473 e. The van der Waals surface area contributed by atoms with Crippen LogP contribution in [0.5, 0.6) is 5.88 Å². The molecule has 0 unspecified atom stereocenters.